The molecule has 1 saturated heterocycles. The van der Waals surface area contributed by atoms with Crippen molar-refractivity contribution in [3.63, 3.8) is 0 Å². The number of unbranched alkanes of at least 4 members (excludes halogenated alkanes) is 1. The van der Waals surface area contributed by atoms with Gasteiger partial charge in [0.15, 0.2) is 5.78 Å². The van der Waals surface area contributed by atoms with Gasteiger partial charge in [0.1, 0.15) is 0 Å². The van der Waals surface area contributed by atoms with E-state index in [9.17, 15) is 4.79 Å². The molecule has 0 bridgehead atoms. The number of benzene rings is 1. The molecule has 1 aromatic carbocycles. The Kier molecular flexibility index (Phi) is 7.77. The zero-order chi connectivity index (χ0) is 16.5. The molecule has 1 aliphatic heterocycles. The van der Waals surface area contributed by atoms with Crippen LogP contribution >= 0.6 is 0 Å². The number of carbonyl (C=O) groups excluding carboxylic acids is 1. The summed E-state index contributed by atoms with van der Waals surface area (Å²) in [6.07, 6.45) is 6.69. The van der Waals surface area contributed by atoms with Crippen molar-refractivity contribution in [2.45, 2.75) is 58.5 Å². The summed E-state index contributed by atoms with van der Waals surface area (Å²) < 4.78 is 5.90. The predicted octanol–water partition coefficient (Wildman–Crippen LogP) is 4.24. The molecule has 0 N–H and O–H groups in total. The second-order valence-corrected chi connectivity index (χ2v) is 6.61. The van der Waals surface area contributed by atoms with E-state index in [0.29, 0.717) is 12.5 Å². The number of carbonyl (C=O) groups is 1. The summed E-state index contributed by atoms with van der Waals surface area (Å²) in [6, 6.07) is 7.88. The van der Waals surface area contributed by atoms with Crippen molar-refractivity contribution < 1.29 is 9.53 Å². The lowest BCUT2D eigenvalue weighted by molar-refractivity contribution is 0.00616. The molecule has 128 valence electrons. The van der Waals surface area contributed by atoms with E-state index < -0.39 is 0 Å². The first-order valence-corrected chi connectivity index (χ1v) is 9.13. The highest BCUT2D eigenvalue weighted by Crippen LogP contribution is 2.16. The third kappa shape index (κ3) is 6.08. The lowest BCUT2D eigenvalue weighted by Gasteiger charge is -2.31. The van der Waals surface area contributed by atoms with Crippen LogP contribution in [-0.2, 0) is 4.74 Å². The van der Waals surface area contributed by atoms with Crippen molar-refractivity contribution in [1.29, 1.82) is 0 Å². The molecule has 23 heavy (non-hydrogen) atoms. The Labute approximate surface area is 141 Å². The van der Waals surface area contributed by atoms with Crippen molar-refractivity contribution in [3.05, 3.63) is 35.4 Å². The number of ketones is 1. The van der Waals surface area contributed by atoms with Gasteiger partial charge < -0.3 is 9.64 Å². The molecule has 0 aliphatic carbocycles. The Balaban J connectivity index is 1.62. The van der Waals surface area contributed by atoms with Crippen LogP contribution in [0.4, 0.5) is 0 Å². The first kappa shape index (κ1) is 18.2. The van der Waals surface area contributed by atoms with E-state index in [4.69, 9.17) is 4.74 Å². The standard InChI is InChI=1S/C20H31NO2/c1-3-4-16-23-18-11-14-21(15-12-18)13-7-10-20(22)19-9-6-5-8-17(19)2/h5-6,8-9,18H,3-4,7,10-16H2,1-2H3. The van der Waals surface area contributed by atoms with Crippen LogP contribution in [0.3, 0.4) is 0 Å². The smallest absolute Gasteiger partial charge is 0.163 e. The Hall–Kier alpha value is -1.19. The Morgan fingerprint density at radius 3 is 2.65 bits per heavy atom. The number of hydrogen-bond acceptors (Lipinski definition) is 3. The average molecular weight is 317 g/mol. The molecule has 1 heterocycles. The molecule has 0 atom stereocenters. The molecule has 0 radical (unpaired) electrons. The summed E-state index contributed by atoms with van der Waals surface area (Å²) in [6.45, 7) is 8.36. The first-order chi connectivity index (χ1) is 11.2. The number of likely N-dealkylation sites (tertiary alicyclic amines) is 1. The third-order valence-electron chi connectivity index (χ3n) is 4.71. The van der Waals surface area contributed by atoms with Crippen LogP contribution in [0.2, 0.25) is 0 Å². The van der Waals surface area contributed by atoms with Crippen molar-refractivity contribution in [1.82, 2.24) is 4.90 Å². The minimum absolute atomic E-state index is 0.279. The number of hydrogen-bond donors (Lipinski definition) is 0. The molecule has 1 aliphatic rings. The second kappa shape index (κ2) is 9.84. The van der Waals surface area contributed by atoms with Crippen molar-refractivity contribution in [2.75, 3.05) is 26.2 Å². The predicted molar refractivity (Wildman–Crippen MR) is 95.1 cm³/mol. The molecule has 0 spiro atoms. The summed E-state index contributed by atoms with van der Waals surface area (Å²) >= 11 is 0. The average Bonchev–Trinajstić information content (AvgIpc) is 2.57. The lowest BCUT2D eigenvalue weighted by Crippen LogP contribution is -2.37. The van der Waals surface area contributed by atoms with Crippen LogP contribution in [0, 0.1) is 6.92 Å². The molecule has 0 aromatic heterocycles. The fourth-order valence-corrected chi connectivity index (χ4v) is 3.18. The molecule has 3 heteroatoms. The van der Waals surface area contributed by atoms with E-state index in [1.807, 2.05) is 31.2 Å². The summed E-state index contributed by atoms with van der Waals surface area (Å²) in [5, 5.41) is 0. The van der Waals surface area contributed by atoms with Gasteiger partial charge in [0, 0.05) is 31.7 Å². The van der Waals surface area contributed by atoms with E-state index in [1.54, 1.807) is 0 Å². The van der Waals surface area contributed by atoms with Gasteiger partial charge in [-0.25, -0.2) is 0 Å². The van der Waals surface area contributed by atoms with Gasteiger partial charge in [-0.05, 0) is 44.7 Å². The number of Topliss-reactive ketones (excluding diaryl/α,β-unsaturated/α-hetero) is 1. The zero-order valence-electron chi connectivity index (χ0n) is 14.7. The van der Waals surface area contributed by atoms with Crippen LogP contribution in [0.25, 0.3) is 0 Å². The van der Waals surface area contributed by atoms with Gasteiger partial charge in [0.05, 0.1) is 6.10 Å². The Morgan fingerprint density at radius 1 is 1.22 bits per heavy atom. The topological polar surface area (TPSA) is 29.5 Å². The molecule has 0 amide bonds. The van der Waals surface area contributed by atoms with Gasteiger partial charge in [-0.2, -0.15) is 0 Å². The normalized spacial score (nSPS) is 16.6. The van der Waals surface area contributed by atoms with Crippen LogP contribution in [0.5, 0.6) is 0 Å². The van der Waals surface area contributed by atoms with Crippen LogP contribution in [0.15, 0.2) is 24.3 Å². The molecular formula is C20H31NO2. The molecular weight excluding hydrogens is 286 g/mol. The van der Waals surface area contributed by atoms with Gasteiger partial charge in [-0.1, -0.05) is 37.6 Å². The van der Waals surface area contributed by atoms with Gasteiger partial charge in [-0.3, -0.25) is 4.79 Å². The van der Waals surface area contributed by atoms with Crippen molar-refractivity contribution in [3.8, 4) is 0 Å². The van der Waals surface area contributed by atoms with Crippen LogP contribution < -0.4 is 0 Å². The maximum atomic E-state index is 12.3. The number of piperidine rings is 1. The van der Waals surface area contributed by atoms with Gasteiger partial charge in [-0.15, -0.1) is 0 Å². The number of aryl methyl sites for hydroxylation is 1. The molecule has 3 nitrogen and oxygen atoms in total. The maximum Gasteiger partial charge on any atom is 0.163 e. The van der Waals surface area contributed by atoms with Crippen molar-refractivity contribution >= 4 is 5.78 Å². The SMILES string of the molecule is CCCCOC1CCN(CCCC(=O)c2ccccc2C)CC1. The summed E-state index contributed by atoms with van der Waals surface area (Å²) in [5.74, 6) is 0.279. The highest BCUT2D eigenvalue weighted by molar-refractivity contribution is 5.97. The molecule has 2 rings (SSSR count). The largest absolute Gasteiger partial charge is 0.378 e. The fourth-order valence-electron chi connectivity index (χ4n) is 3.18. The maximum absolute atomic E-state index is 12.3. The molecule has 1 aromatic rings. The highest BCUT2D eigenvalue weighted by Gasteiger charge is 2.19. The molecule has 0 unspecified atom stereocenters. The van der Waals surface area contributed by atoms with Gasteiger partial charge in [0.2, 0.25) is 0 Å². The van der Waals surface area contributed by atoms with E-state index in [-0.39, 0.29) is 5.78 Å². The molecule has 1 fully saturated rings. The number of ether oxygens (including phenoxy) is 1. The van der Waals surface area contributed by atoms with E-state index in [0.717, 1.165) is 56.6 Å². The van der Waals surface area contributed by atoms with Crippen LogP contribution in [-0.4, -0.2) is 43.0 Å². The van der Waals surface area contributed by atoms with Gasteiger partial charge >= 0.3 is 0 Å². The molecule has 0 saturated carbocycles. The Morgan fingerprint density at radius 2 is 1.96 bits per heavy atom. The zero-order valence-corrected chi connectivity index (χ0v) is 14.7. The highest BCUT2D eigenvalue weighted by atomic mass is 16.5. The van der Waals surface area contributed by atoms with E-state index in [2.05, 4.69) is 11.8 Å². The minimum Gasteiger partial charge on any atom is -0.378 e. The quantitative estimate of drug-likeness (QED) is 0.504. The monoisotopic (exact) mass is 317 g/mol. The number of rotatable bonds is 9. The summed E-state index contributed by atoms with van der Waals surface area (Å²) in [7, 11) is 0. The van der Waals surface area contributed by atoms with Crippen LogP contribution in [0.1, 0.15) is 61.4 Å². The summed E-state index contributed by atoms with van der Waals surface area (Å²) in [5.41, 5.74) is 1.97. The fraction of sp³-hybridized carbons (Fsp3) is 0.650. The second-order valence-electron chi connectivity index (χ2n) is 6.61. The Bertz CT molecular complexity index is 478. The van der Waals surface area contributed by atoms with Crippen molar-refractivity contribution in [2.24, 2.45) is 0 Å². The van der Waals surface area contributed by atoms with E-state index in [1.165, 1.54) is 12.8 Å². The third-order valence-corrected chi connectivity index (χ3v) is 4.71. The first-order valence-electron chi connectivity index (χ1n) is 9.13. The van der Waals surface area contributed by atoms with Gasteiger partial charge in [0.25, 0.3) is 0 Å². The van der Waals surface area contributed by atoms with E-state index >= 15 is 0 Å². The number of nitrogens with zero attached hydrogens (tertiary/aromatic N) is 1. The lowest BCUT2D eigenvalue weighted by atomic mass is 10.0. The summed E-state index contributed by atoms with van der Waals surface area (Å²) in [4.78, 5) is 14.7. The minimum atomic E-state index is 0.279.